The summed E-state index contributed by atoms with van der Waals surface area (Å²) >= 11 is 6.61. The molecule has 4 aromatic rings. The van der Waals surface area contributed by atoms with E-state index in [-0.39, 0.29) is 36.6 Å². The van der Waals surface area contributed by atoms with Crippen LogP contribution in [0.2, 0.25) is 5.02 Å². The van der Waals surface area contributed by atoms with Crippen LogP contribution in [0.5, 0.6) is 6.01 Å². The first-order chi connectivity index (χ1) is 18.0. The number of nitrogens with one attached hydrogen (secondary N) is 2. The van der Waals surface area contributed by atoms with Crippen LogP contribution in [0.25, 0.3) is 31.7 Å². The van der Waals surface area contributed by atoms with Gasteiger partial charge in [-0.3, -0.25) is 0 Å². The molecule has 0 amide bonds. The molecule has 2 atom stereocenters. The third kappa shape index (κ3) is 4.21. The summed E-state index contributed by atoms with van der Waals surface area (Å²) in [5.41, 5.74) is 7.44. The second-order valence-corrected chi connectivity index (χ2v) is 12.1. The predicted octanol–water partition coefficient (Wildman–Crippen LogP) is 3.29. The number of benzene rings is 2. The molecule has 2 aromatic heterocycles. The molecule has 0 unspecified atom stereocenters. The van der Waals surface area contributed by atoms with Crippen molar-refractivity contribution in [2.75, 3.05) is 43.9 Å². The molecule has 2 saturated heterocycles. The summed E-state index contributed by atoms with van der Waals surface area (Å²) < 4.78 is 23.8. The van der Waals surface area contributed by atoms with Crippen molar-refractivity contribution in [1.29, 1.82) is 5.26 Å². The topological polar surface area (TPSA) is 112 Å². The van der Waals surface area contributed by atoms with Crippen LogP contribution in [0.1, 0.15) is 18.4 Å². The number of likely N-dealkylation sites (N-methyl/N-ethyl adjacent to an activating group) is 1. The number of nitrogens with two attached hydrogens (primary N) is 1. The number of rotatable bonds is 6. The number of aromatic nitrogens is 2. The van der Waals surface area contributed by atoms with Crippen LogP contribution in [0, 0.1) is 17.1 Å². The van der Waals surface area contributed by atoms with Gasteiger partial charge < -0.3 is 0 Å². The Balaban J connectivity index is 1.57. The van der Waals surface area contributed by atoms with Gasteiger partial charge in [-0.25, -0.2) is 0 Å². The van der Waals surface area contributed by atoms with Crippen molar-refractivity contribution < 1.29 is 9.13 Å². The van der Waals surface area contributed by atoms with E-state index in [1.807, 2.05) is 19.2 Å². The molecule has 190 valence electrons. The number of ether oxygens (including phenoxy) is 1. The van der Waals surface area contributed by atoms with Crippen LogP contribution < -0.4 is 26.0 Å². The van der Waals surface area contributed by atoms with Crippen molar-refractivity contribution >= 4 is 57.0 Å². The second-order valence-electron chi connectivity index (χ2n) is 9.40. The number of nitrogens with zero attached hydrogens (tertiary/aromatic N) is 4. The summed E-state index contributed by atoms with van der Waals surface area (Å²) in [5.74, 6) is 0.0602. The zero-order chi connectivity index (χ0) is 25.7. The van der Waals surface area contributed by atoms with Crippen molar-refractivity contribution in [3.05, 3.63) is 40.7 Å². The van der Waals surface area contributed by atoms with E-state index in [9.17, 15) is 5.26 Å². The first-order valence-electron chi connectivity index (χ1n) is 12.2. The molecule has 37 heavy (non-hydrogen) atoms. The maximum atomic E-state index is 16.5. The standard InChI is InChI=1S/C26H25ClFN7OSe/c1-31-7-8-36-26-33-23-16(25(34-26)35-11-13-5-6-14(12-35)32-13)9-18(27)21(22(23)28)15-3-2-4-19-20(15)17(10-29)24(30)37-19/h2-4,9,13-14,31-32H,5-8,11-12,30H2,1H3/t13-,14+. The molecule has 0 aliphatic carbocycles. The van der Waals surface area contributed by atoms with E-state index in [4.69, 9.17) is 27.1 Å². The Bertz CT molecular complexity index is 1560. The number of fused-ring (bicyclic) bond motifs is 4. The Morgan fingerprint density at radius 3 is 2.84 bits per heavy atom. The van der Waals surface area contributed by atoms with Crippen molar-refractivity contribution in [1.82, 2.24) is 20.6 Å². The molecular weight excluding hydrogens is 560 g/mol. The van der Waals surface area contributed by atoms with Gasteiger partial charge in [-0.2, -0.15) is 0 Å². The van der Waals surface area contributed by atoms with E-state index >= 15 is 4.39 Å². The van der Waals surface area contributed by atoms with Crippen LogP contribution in [0.4, 0.5) is 14.8 Å². The zero-order valence-corrected chi connectivity index (χ0v) is 22.6. The van der Waals surface area contributed by atoms with Crippen LogP contribution in [-0.2, 0) is 0 Å². The van der Waals surface area contributed by atoms with Gasteiger partial charge in [0, 0.05) is 0 Å². The van der Waals surface area contributed by atoms with Crippen molar-refractivity contribution in [3.63, 3.8) is 0 Å². The number of nitrogen functional groups attached to an aromatic ring is 1. The SMILES string of the molecule is CNCCOc1nc(N2C[C@H]3CC[C@@H](C2)N3)c2cc(Cl)c(-c3cccc4[se]c(N)c(C#N)c34)c(F)c2n1. The van der Waals surface area contributed by atoms with Crippen molar-refractivity contribution in [2.45, 2.75) is 24.9 Å². The number of hydrogen-bond acceptors (Lipinski definition) is 8. The van der Waals surface area contributed by atoms with Gasteiger partial charge in [0.2, 0.25) is 0 Å². The summed E-state index contributed by atoms with van der Waals surface area (Å²) in [6.45, 7) is 2.48. The molecule has 2 fully saturated rings. The van der Waals surface area contributed by atoms with E-state index in [2.05, 4.69) is 26.6 Å². The van der Waals surface area contributed by atoms with Gasteiger partial charge in [-0.15, -0.1) is 0 Å². The normalized spacial score (nSPS) is 19.0. The Kier molecular flexibility index (Phi) is 6.43. The van der Waals surface area contributed by atoms with Crippen LogP contribution >= 0.6 is 11.6 Å². The van der Waals surface area contributed by atoms with Gasteiger partial charge in [-0.05, 0) is 7.05 Å². The molecule has 11 heteroatoms. The summed E-state index contributed by atoms with van der Waals surface area (Å²) in [6, 6.07) is 10.4. The molecule has 8 nitrogen and oxygen atoms in total. The molecule has 4 N–H and O–H groups in total. The Hall–Kier alpha value is -2.93. The maximum absolute atomic E-state index is 16.5. The molecule has 0 saturated carbocycles. The predicted molar refractivity (Wildman–Crippen MR) is 145 cm³/mol. The van der Waals surface area contributed by atoms with Crippen molar-refractivity contribution in [2.24, 2.45) is 0 Å². The molecule has 2 aliphatic heterocycles. The molecule has 2 aromatic carbocycles. The van der Waals surface area contributed by atoms with Gasteiger partial charge in [0.05, 0.1) is 0 Å². The molecule has 0 spiro atoms. The fraction of sp³-hybridized carbons (Fsp3) is 0.346. The first kappa shape index (κ1) is 24.4. The number of hydrogen-bond donors (Lipinski definition) is 3. The van der Waals surface area contributed by atoms with Gasteiger partial charge in [0.1, 0.15) is 0 Å². The number of anilines is 2. The van der Waals surface area contributed by atoms with E-state index in [1.165, 1.54) is 0 Å². The Morgan fingerprint density at radius 1 is 1.32 bits per heavy atom. The fourth-order valence-corrected chi connectivity index (χ4v) is 7.69. The van der Waals surface area contributed by atoms with Gasteiger partial charge in [0.15, 0.2) is 0 Å². The fourth-order valence-electron chi connectivity index (χ4n) is 5.41. The monoisotopic (exact) mass is 585 g/mol. The van der Waals surface area contributed by atoms with Gasteiger partial charge in [-0.1, -0.05) is 0 Å². The Morgan fingerprint density at radius 2 is 2.11 bits per heavy atom. The average Bonchev–Trinajstić information content (AvgIpc) is 3.41. The summed E-state index contributed by atoms with van der Waals surface area (Å²) in [4.78, 5) is 11.4. The minimum absolute atomic E-state index is 0.124. The summed E-state index contributed by atoms with van der Waals surface area (Å²) in [7, 11) is 1.83. The Labute approximate surface area is 224 Å². The van der Waals surface area contributed by atoms with E-state index in [0.717, 1.165) is 30.2 Å². The summed E-state index contributed by atoms with van der Waals surface area (Å²) in [6.07, 6.45) is 2.21. The van der Waals surface area contributed by atoms with Crippen LogP contribution in [0.15, 0.2) is 24.3 Å². The van der Waals surface area contributed by atoms with E-state index in [1.54, 1.807) is 12.1 Å². The second kappa shape index (κ2) is 9.75. The third-order valence-electron chi connectivity index (χ3n) is 7.07. The molecule has 4 heterocycles. The number of halogens is 2. The van der Waals surface area contributed by atoms with E-state index in [0.29, 0.717) is 57.5 Å². The molecule has 6 rings (SSSR count). The van der Waals surface area contributed by atoms with Gasteiger partial charge >= 0.3 is 218 Å². The van der Waals surface area contributed by atoms with Crippen molar-refractivity contribution in [3.8, 4) is 23.2 Å². The van der Waals surface area contributed by atoms with E-state index < -0.39 is 5.82 Å². The van der Waals surface area contributed by atoms with Crippen LogP contribution in [0.3, 0.4) is 0 Å². The summed E-state index contributed by atoms with van der Waals surface area (Å²) in [5, 5.41) is 17.9. The van der Waals surface area contributed by atoms with Crippen LogP contribution in [-0.4, -0.2) is 69.8 Å². The number of nitriles is 1. The molecule has 2 bridgehead atoms. The first-order valence-corrected chi connectivity index (χ1v) is 14.3. The zero-order valence-electron chi connectivity index (χ0n) is 20.1. The average molecular weight is 585 g/mol. The molecular formula is C26H25ClFN7OSe. The quantitative estimate of drug-likeness (QED) is 0.234. The minimum atomic E-state index is -0.564. The molecule has 0 radical (unpaired) electrons. The van der Waals surface area contributed by atoms with Gasteiger partial charge in [0.25, 0.3) is 0 Å². The molecule has 2 aliphatic rings. The number of piperazine rings is 1. The third-order valence-corrected chi connectivity index (χ3v) is 9.43.